The van der Waals surface area contributed by atoms with Gasteiger partial charge in [-0.1, -0.05) is 23.4 Å². The van der Waals surface area contributed by atoms with Crippen LogP contribution in [0.5, 0.6) is 0 Å². The molecule has 0 bridgehead atoms. The van der Waals surface area contributed by atoms with Crippen molar-refractivity contribution in [1.29, 1.82) is 0 Å². The molecule has 0 aliphatic carbocycles. The van der Waals surface area contributed by atoms with E-state index in [-0.39, 0.29) is 24.6 Å². The topological polar surface area (TPSA) is 89.8 Å². The number of amides is 1. The van der Waals surface area contributed by atoms with Crippen molar-refractivity contribution < 1.29 is 4.79 Å². The Kier molecular flexibility index (Phi) is 4.10. The van der Waals surface area contributed by atoms with Gasteiger partial charge in [-0.15, -0.1) is 5.10 Å². The Morgan fingerprint density at radius 3 is 2.85 bits per heavy atom. The molecular weight excluding hydrogens is 330 g/mol. The van der Waals surface area contributed by atoms with Crippen LogP contribution in [0.4, 0.5) is 0 Å². The fourth-order valence-corrected chi connectivity index (χ4v) is 2.76. The van der Waals surface area contributed by atoms with Crippen molar-refractivity contribution in [2.75, 3.05) is 6.54 Å². The van der Waals surface area contributed by atoms with Gasteiger partial charge in [0, 0.05) is 23.7 Å². The number of carbonyl (C=O) groups is 1. The normalized spacial score (nSPS) is 10.9. The molecule has 2 heterocycles. The van der Waals surface area contributed by atoms with Gasteiger partial charge < -0.3 is 5.32 Å². The van der Waals surface area contributed by atoms with Crippen LogP contribution in [0.3, 0.4) is 0 Å². The predicted molar refractivity (Wildman–Crippen MR) is 97.9 cm³/mol. The van der Waals surface area contributed by atoms with Crippen molar-refractivity contribution in [3.8, 4) is 0 Å². The fraction of sp³-hybridized carbons (Fsp3) is 0.105. The van der Waals surface area contributed by atoms with Crippen LogP contribution in [-0.2, 0) is 6.54 Å². The molecule has 0 aliphatic heterocycles. The molecule has 128 valence electrons. The molecular formula is C19H15N5O2. The molecule has 0 saturated heterocycles. The maximum Gasteiger partial charge on any atom is 0.277 e. The second-order valence-electron chi connectivity index (χ2n) is 5.80. The first kappa shape index (κ1) is 15.9. The lowest BCUT2D eigenvalue weighted by molar-refractivity contribution is 0.0952. The smallest absolute Gasteiger partial charge is 0.277 e. The highest BCUT2D eigenvalue weighted by atomic mass is 16.2. The number of nitrogens with zero attached hydrogens (tertiary/aromatic N) is 4. The molecule has 1 N–H and O–H groups in total. The Morgan fingerprint density at radius 1 is 1.04 bits per heavy atom. The maximum atomic E-state index is 12.4. The van der Waals surface area contributed by atoms with Crippen LogP contribution in [0.1, 0.15) is 10.4 Å². The van der Waals surface area contributed by atoms with Gasteiger partial charge in [-0.25, -0.2) is 4.68 Å². The van der Waals surface area contributed by atoms with E-state index in [0.29, 0.717) is 16.5 Å². The van der Waals surface area contributed by atoms with Crippen LogP contribution >= 0.6 is 0 Å². The zero-order chi connectivity index (χ0) is 17.9. The summed E-state index contributed by atoms with van der Waals surface area (Å²) in [5, 5.41) is 12.1. The minimum absolute atomic E-state index is 0.211. The summed E-state index contributed by atoms with van der Waals surface area (Å²) in [6.07, 6.45) is 1.71. The summed E-state index contributed by atoms with van der Waals surface area (Å²) in [4.78, 5) is 28.9. The van der Waals surface area contributed by atoms with Crippen LogP contribution in [-0.4, -0.2) is 32.4 Å². The Bertz CT molecular complexity index is 1170. The minimum atomic E-state index is -0.221. The molecule has 4 rings (SSSR count). The molecule has 1 amide bonds. The Morgan fingerprint density at radius 2 is 1.92 bits per heavy atom. The SMILES string of the molecule is O=C(NCCn1nnc2ccccc2c1=O)c1ccc2ncccc2c1. The molecule has 0 aliphatic rings. The molecule has 0 unspecified atom stereocenters. The third-order valence-electron chi connectivity index (χ3n) is 4.10. The molecule has 2 aromatic heterocycles. The second kappa shape index (κ2) is 6.72. The zero-order valence-corrected chi connectivity index (χ0v) is 13.8. The van der Waals surface area contributed by atoms with Crippen LogP contribution in [0, 0.1) is 0 Å². The van der Waals surface area contributed by atoms with E-state index in [1.54, 1.807) is 42.6 Å². The molecule has 0 saturated carbocycles. The van der Waals surface area contributed by atoms with Crippen molar-refractivity contribution in [2.45, 2.75) is 6.54 Å². The van der Waals surface area contributed by atoms with E-state index in [9.17, 15) is 9.59 Å². The van der Waals surface area contributed by atoms with Crippen molar-refractivity contribution in [3.63, 3.8) is 0 Å². The lowest BCUT2D eigenvalue weighted by Gasteiger charge is -2.07. The number of carbonyl (C=O) groups excluding carboxylic acids is 1. The number of rotatable bonds is 4. The number of hydrogen-bond donors (Lipinski definition) is 1. The van der Waals surface area contributed by atoms with Gasteiger partial charge in [0.15, 0.2) is 0 Å². The summed E-state index contributed by atoms with van der Waals surface area (Å²) in [6, 6.07) is 16.1. The van der Waals surface area contributed by atoms with Crippen LogP contribution in [0.25, 0.3) is 21.8 Å². The van der Waals surface area contributed by atoms with E-state index in [2.05, 4.69) is 20.6 Å². The van der Waals surface area contributed by atoms with E-state index in [1.165, 1.54) is 4.68 Å². The summed E-state index contributed by atoms with van der Waals surface area (Å²) < 4.78 is 1.26. The summed E-state index contributed by atoms with van der Waals surface area (Å²) in [5.74, 6) is -0.211. The maximum absolute atomic E-state index is 12.4. The van der Waals surface area contributed by atoms with E-state index >= 15 is 0 Å². The molecule has 2 aromatic carbocycles. The molecule has 0 atom stereocenters. The number of hydrogen-bond acceptors (Lipinski definition) is 5. The summed E-state index contributed by atoms with van der Waals surface area (Å²) >= 11 is 0. The van der Waals surface area contributed by atoms with Crippen LogP contribution in [0.2, 0.25) is 0 Å². The van der Waals surface area contributed by atoms with Gasteiger partial charge >= 0.3 is 0 Å². The largest absolute Gasteiger partial charge is 0.350 e. The Labute approximate surface area is 148 Å². The van der Waals surface area contributed by atoms with Crippen molar-refractivity contribution >= 4 is 27.7 Å². The molecule has 0 fully saturated rings. The number of nitrogens with one attached hydrogen (secondary N) is 1. The van der Waals surface area contributed by atoms with Gasteiger partial charge in [-0.05, 0) is 36.4 Å². The number of pyridine rings is 1. The standard InChI is InChI=1S/C19H15N5O2/c25-18(14-7-8-16-13(12-14)4-3-9-20-16)21-10-11-24-19(26)15-5-1-2-6-17(15)22-23-24/h1-9,12H,10-11H2,(H,21,25). The number of aromatic nitrogens is 4. The first-order valence-electron chi connectivity index (χ1n) is 8.18. The zero-order valence-electron chi connectivity index (χ0n) is 13.8. The van der Waals surface area contributed by atoms with E-state index in [0.717, 1.165) is 10.9 Å². The minimum Gasteiger partial charge on any atom is -0.350 e. The summed E-state index contributed by atoms with van der Waals surface area (Å²) in [5.41, 5.74) is 1.72. The Balaban J connectivity index is 1.46. The van der Waals surface area contributed by atoms with Crippen molar-refractivity contribution in [3.05, 3.63) is 76.7 Å². The fourth-order valence-electron chi connectivity index (χ4n) is 2.76. The first-order chi connectivity index (χ1) is 12.7. The van der Waals surface area contributed by atoms with Gasteiger partial charge in [0.1, 0.15) is 5.52 Å². The Hall–Kier alpha value is -3.61. The van der Waals surface area contributed by atoms with Gasteiger partial charge in [0.25, 0.3) is 11.5 Å². The van der Waals surface area contributed by atoms with Crippen LogP contribution < -0.4 is 10.9 Å². The highest BCUT2D eigenvalue weighted by molar-refractivity contribution is 5.97. The third-order valence-corrected chi connectivity index (χ3v) is 4.10. The second-order valence-corrected chi connectivity index (χ2v) is 5.80. The third kappa shape index (κ3) is 3.02. The molecule has 26 heavy (non-hydrogen) atoms. The molecule has 7 nitrogen and oxygen atoms in total. The summed E-state index contributed by atoms with van der Waals surface area (Å²) in [7, 11) is 0. The van der Waals surface area contributed by atoms with Gasteiger partial charge in [0.2, 0.25) is 0 Å². The molecule has 0 spiro atoms. The molecule has 7 heteroatoms. The number of fused-ring (bicyclic) bond motifs is 2. The van der Waals surface area contributed by atoms with Gasteiger partial charge in [-0.2, -0.15) is 0 Å². The molecule has 4 aromatic rings. The monoisotopic (exact) mass is 345 g/mol. The average Bonchev–Trinajstić information content (AvgIpc) is 2.69. The van der Waals surface area contributed by atoms with E-state index < -0.39 is 0 Å². The van der Waals surface area contributed by atoms with Gasteiger partial charge in [-0.3, -0.25) is 14.6 Å². The summed E-state index contributed by atoms with van der Waals surface area (Å²) in [6.45, 7) is 0.522. The lowest BCUT2D eigenvalue weighted by Crippen LogP contribution is -2.32. The van der Waals surface area contributed by atoms with E-state index in [4.69, 9.17) is 0 Å². The van der Waals surface area contributed by atoms with E-state index in [1.807, 2.05) is 18.2 Å². The van der Waals surface area contributed by atoms with Gasteiger partial charge in [0.05, 0.1) is 17.4 Å². The van der Waals surface area contributed by atoms with Crippen LogP contribution in [0.15, 0.2) is 65.6 Å². The highest BCUT2D eigenvalue weighted by Gasteiger charge is 2.08. The predicted octanol–water partition coefficient (Wildman–Crippen LogP) is 1.77. The first-order valence-corrected chi connectivity index (χ1v) is 8.18. The highest BCUT2D eigenvalue weighted by Crippen LogP contribution is 2.13. The molecule has 0 radical (unpaired) electrons. The average molecular weight is 345 g/mol. The number of benzene rings is 2. The van der Waals surface area contributed by atoms with Crippen molar-refractivity contribution in [1.82, 2.24) is 25.3 Å². The lowest BCUT2D eigenvalue weighted by atomic mass is 10.1. The quantitative estimate of drug-likeness (QED) is 0.609. The van der Waals surface area contributed by atoms with Crippen molar-refractivity contribution in [2.24, 2.45) is 0 Å².